The van der Waals surface area contributed by atoms with E-state index in [2.05, 4.69) is 5.10 Å². The fourth-order valence-corrected chi connectivity index (χ4v) is 3.04. The molecule has 3 rings (SSSR count). The van der Waals surface area contributed by atoms with Crippen LogP contribution in [-0.4, -0.2) is 60.7 Å². The molecular weight excluding hydrogens is 325 g/mol. The summed E-state index contributed by atoms with van der Waals surface area (Å²) in [5.41, 5.74) is 0.966. The van der Waals surface area contributed by atoms with Gasteiger partial charge in [-0.1, -0.05) is 6.07 Å². The van der Waals surface area contributed by atoms with Crippen molar-refractivity contribution in [2.75, 3.05) is 38.1 Å². The maximum Gasteiger partial charge on any atom is 0.270 e. The average Bonchev–Trinajstić information content (AvgIpc) is 2.63. The molecule has 1 aromatic carbocycles. The Labute approximate surface area is 144 Å². The summed E-state index contributed by atoms with van der Waals surface area (Å²) in [5.74, 6) is -0.807. The van der Waals surface area contributed by atoms with Crippen LogP contribution in [0, 0.1) is 17.1 Å². The van der Waals surface area contributed by atoms with E-state index in [0.29, 0.717) is 44.0 Å². The molecule has 0 saturated carbocycles. The SMILES string of the molecule is CN1N=C(C(=O)N2CCN(c3cccc(F)c3C#N)CC2)CCC1=O. The van der Waals surface area contributed by atoms with Crippen LogP contribution in [0.4, 0.5) is 10.1 Å². The lowest BCUT2D eigenvalue weighted by atomic mass is 10.1. The van der Waals surface area contributed by atoms with Gasteiger partial charge in [-0.15, -0.1) is 0 Å². The van der Waals surface area contributed by atoms with Crippen LogP contribution in [0.2, 0.25) is 0 Å². The van der Waals surface area contributed by atoms with E-state index in [0.717, 1.165) is 0 Å². The van der Waals surface area contributed by atoms with Crippen molar-refractivity contribution in [1.82, 2.24) is 9.91 Å². The summed E-state index contributed by atoms with van der Waals surface area (Å²) >= 11 is 0. The lowest BCUT2D eigenvalue weighted by Crippen LogP contribution is -2.51. The van der Waals surface area contributed by atoms with E-state index < -0.39 is 5.82 Å². The minimum Gasteiger partial charge on any atom is -0.367 e. The third kappa shape index (κ3) is 3.31. The van der Waals surface area contributed by atoms with Gasteiger partial charge in [-0.25, -0.2) is 9.40 Å². The van der Waals surface area contributed by atoms with Crippen molar-refractivity contribution in [3.8, 4) is 6.07 Å². The van der Waals surface area contributed by atoms with Crippen molar-refractivity contribution < 1.29 is 14.0 Å². The Bertz CT molecular complexity index is 778. The number of carbonyl (C=O) groups excluding carboxylic acids is 2. The molecule has 0 atom stereocenters. The van der Waals surface area contributed by atoms with Crippen LogP contribution in [0.15, 0.2) is 23.3 Å². The Hall–Kier alpha value is -2.95. The van der Waals surface area contributed by atoms with E-state index in [1.54, 1.807) is 24.1 Å². The number of carbonyl (C=O) groups is 2. The van der Waals surface area contributed by atoms with Crippen LogP contribution >= 0.6 is 0 Å². The third-order valence-electron chi connectivity index (χ3n) is 4.47. The van der Waals surface area contributed by atoms with Crippen molar-refractivity contribution in [1.29, 1.82) is 5.26 Å². The van der Waals surface area contributed by atoms with Crippen LogP contribution in [-0.2, 0) is 9.59 Å². The van der Waals surface area contributed by atoms with Gasteiger partial charge in [0.05, 0.1) is 5.69 Å². The normalized spacial score (nSPS) is 18.0. The van der Waals surface area contributed by atoms with Gasteiger partial charge in [-0.2, -0.15) is 10.4 Å². The molecule has 2 heterocycles. The molecule has 2 aliphatic heterocycles. The second-order valence-corrected chi connectivity index (χ2v) is 5.99. The number of anilines is 1. The zero-order valence-corrected chi connectivity index (χ0v) is 13.9. The molecule has 1 fully saturated rings. The highest BCUT2D eigenvalue weighted by Gasteiger charge is 2.29. The van der Waals surface area contributed by atoms with Crippen molar-refractivity contribution in [3.63, 3.8) is 0 Å². The van der Waals surface area contributed by atoms with Crippen molar-refractivity contribution in [2.24, 2.45) is 5.10 Å². The van der Waals surface area contributed by atoms with Crippen molar-refractivity contribution in [3.05, 3.63) is 29.6 Å². The number of halogens is 1. The number of hydrazone groups is 1. The molecule has 0 N–H and O–H groups in total. The first-order chi connectivity index (χ1) is 12.0. The molecule has 0 bridgehead atoms. The summed E-state index contributed by atoms with van der Waals surface area (Å²) in [6.45, 7) is 1.92. The second kappa shape index (κ2) is 6.89. The van der Waals surface area contributed by atoms with Crippen LogP contribution in [0.1, 0.15) is 18.4 Å². The quantitative estimate of drug-likeness (QED) is 0.801. The molecule has 130 valence electrons. The predicted octanol–water partition coefficient (Wildman–Crippen LogP) is 0.954. The highest BCUT2D eigenvalue weighted by atomic mass is 19.1. The largest absolute Gasteiger partial charge is 0.367 e. The monoisotopic (exact) mass is 343 g/mol. The smallest absolute Gasteiger partial charge is 0.270 e. The fraction of sp³-hybridized carbons (Fsp3) is 0.412. The Balaban J connectivity index is 1.68. The minimum absolute atomic E-state index is 0.0269. The molecule has 0 unspecified atom stereocenters. The number of rotatable bonds is 2. The Kier molecular flexibility index (Phi) is 4.65. The number of nitriles is 1. The summed E-state index contributed by atoms with van der Waals surface area (Å²) in [7, 11) is 1.54. The maximum atomic E-state index is 13.8. The molecule has 2 amide bonds. The van der Waals surface area contributed by atoms with E-state index in [1.807, 2.05) is 11.0 Å². The van der Waals surface area contributed by atoms with Crippen molar-refractivity contribution in [2.45, 2.75) is 12.8 Å². The highest BCUT2D eigenvalue weighted by Crippen LogP contribution is 2.24. The molecule has 0 aromatic heterocycles. The predicted molar refractivity (Wildman–Crippen MR) is 89.3 cm³/mol. The van der Waals surface area contributed by atoms with Crippen LogP contribution in [0.25, 0.3) is 0 Å². The first-order valence-electron chi connectivity index (χ1n) is 8.08. The van der Waals surface area contributed by atoms with E-state index in [4.69, 9.17) is 5.26 Å². The Morgan fingerprint density at radius 2 is 1.96 bits per heavy atom. The van der Waals surface area contributed by atoms with Gasteiger partial charge in [0.25, 0.3) is 5.91 Å². The molecule has 8 heteroatoms. The van der Waals surface area contributed by atoms with Gasteiger partial charge in [0.1, 0.15) is 23.2 Å². The second-order valence-electron chi connectivity index (χ2n) is 5.99. The van der Waals surface area contributed by atoms with E-state index in [9.17, 15) is 14.0 Å². The Morgan fingerprint density at radius 1 is 1.24 bits per heavy atom. The summed E-state index contributed by atoms with van der Waals surface area (Å²) < 4.78 is 13.8. The number of hydrogen-bond acceptors (Lipinski definition) is 5. The maximum absolute atomic E-state index is 13.8. The number of nitrogens with zero attached hydrogens (tertiary/aromatic N) is 5. The van der Waals surface area contributed by atoms with Gasteiger partial charge in [0, 0.05) is 46.1 Å². The molecular formula is C17H18FN5O2. The lowest BCUT2D eigenvalue weighted by Gasteiger charge is -2.37. The van der Waals surface area contributed by atoms with E-state index in [-0.39, 0.29) is 23.8 Å². The minimum atomic E-state index is -0.539. The fourth-order valence-electron chi connectivity index (χ4n) is 3.04. The summed E-state index contributed by atoms with van der Waals surface area (Å²) in [5, 5.41) is 14.4. The summed E-state index contributed by atoms with van der Waals surface area (Å²) in [4.78, 5) is 27.6. The molecule has 7 nitrogen and oxygen atoms in total. The zero-order chi connectivity index (χ0) is 18.0. The third-order valence-corrected chi connectivity index (χ3v) is 4.47. The molecule has 25 heavy (non-hydrogen) atoms. The van der Waals surface area contributed by atoms with Gasteiger partial charge in [-0.05, 0) is 12.1 Å². The van der Waals surface area contributed by atoms with Gasteiger partial charge in [-0.3, -0.25) is 9.59 Å². The first-order valence-corrected chi connectivity index (χ1v) is 8.08. The van der Waals surface area contributed by atoms with Crippen LogP contribution in [0.3, 0.4) is 0 Å². The number of amides is 2. The topological polar surface area (TPSA) is 80.0 Å². The summed E-state index contributed by atoms with van der Waals surface area (Å²) in [6.07, 6.45) is 0.639. The molecule has 1 aromatic rings. The van der Waals surface area contributed by atoms with Gasteiger partial charge < -0.3 is 9.80 Å². The van der Waals surface area contributed by atoms with Crippen LogP contribution < -0.4 is 4.90 Å². The average molecular weight is 343 g/mol. The molecule has 0 aliphatic carbocycles. The van der Waals surface area contributed by atoms with Gasteiger partial charge >= 0.3 is 0 Å². The number of hydrogen-bond donors (Lipinski definition) is 0. The molecule has 2 aliphatic rings. The zero-order valence-electron chi connectivity index (χ0n) is 13.9. The van der Waals surface area contributed by atoms with Crippen molar-refractivity contribution >= 4 is 23.2 Å². The van der Waals surface area contributed by atoms with Gasteiger partial charge in [0.2, 0.25) is 5.91 Å². The first kappa shape index (κ1) is 16.9. The van der Waals surface area contributed by atoms with E-state index >= 15 is 0 Å². The standard InChI is InChI=1S/C17H18FN5O2/c1-21-16(24)6-5-14(20-21)17(25)23-9-7-22(8-10-23)15-4-2-3-13(18)12(15)11-19/h2-4H,5-10H2,1H3. The number of benzene rings is 1. The molecule has 0 spiro atoms. The molecule has 0 radical (unpaired) electrons. The highest BCUT2D eigenvalue weighted by molar-refractivity contribution is 6.39. The molecule has 1 saturated heterocycles. The van der Waals surface area contributed by atoms with Crippen LogP contribution in [0.5, 0.6) is 0 Å². The van der Waals surface area contributed by atoms with Gasteiger partial charge in [0.15, 0.2) is 0 Å². The lowest BCUT2D eigenvalue weighted by molar-refractivity contribution is -0.130. The van der Waals surface area contributed by atoms with E-state index in [1.165, 1.54) is 11.1 Å². The number of piperazine rings is 1. The summed E-state index contributed by atoms with van der Waals surface area (Å²) in [6, 6.07) is 6.46. The Morgan fingerprint density at radius 3 is 2.60 bits per heavy atom.